The lowest BCUT2D eigenvalue weighted by Crippen LogP contribution is -2.29. The van der Waals surface area contributed by atoms with E-state index in [0.717, 1.165) is 10.4 Å². The number of aliphatic hydroxyl groups is 1. The largest absolute Gasteiger partial charge is 0.507 e. The fraction of sp³-hybridized carbons (Fsp3) is 0.130. The number of anilines is 1. The minimum Gasteiger partial charge on any atom is -0.507 e. The van der Waals surface area contributed by atoms with Crippen LogP contribution in [-0.2, 0) is 9.59 Å². The SMILES string of the molecule is Cc1cc(Cl)ccc1N1C(=O)C(=O)/C(=C(\O)c2ccc3c(c2)OCO3)C1c1cccs1. The Kier molecular flexibility index (Phi) is 4.72. The molecular formula is C23H16ClNO5S. The Morgan fingerprint density at radius 2 is 1.94 bits per heavy atom. The van der Waals surface area contributed by atoms with E-state index < -0.39 is 17.7 Å². The van der Waals surface area contributed by atoms with Crippen LogP contribution in [0, 0.1) is 6.92 Å². The number of aryl methyl sites for hydroxylation is 1. The number of nitrogens with zero attached hydrogens (tertiary/aromatic N) is 1. The summed E-state index contributed by atoms with van der Waals surface area (Å²) in [6, 6.07) is 12.9. The van der Waals surface area contributed by atoms with E-state index in [4.69, 9.17) is 21.1 Å². The predicted octanol–water partition coefficient (Wildman–Crippen LogP) is 5.06. The van der Waals surface area contributed by atoms with Crippen LogP contribution < -0.4 is 14.4 Å². The number of ketones is 1. The van der Waals surface area contributed by atoms with Crippen molar-refractivity contribution in [2.45, 2.75) is 13.0 Å². The Balaban J connectivity index is 1.70. The highest BCUT2D eigenvalue weighted by atomic mass is 35.5. The topological polar surface area (TPSA) is 76.1 Å². The molecule has 0 aliphatic carbocycles. The second-order valence-corrected chi connectivity index (χ2v) is 8.60. The van der Waals surface area contributed by atoms with Gasteiger partial charge in [0.2, 0.25) is 6.79 Å². The van der Waals surface area contributed by atoms with Gasteiger partial charge in [0, 0.05) is 21.2 Å². The molecule has 1 fully saturated rings. The van der Waals surface area contributed by atoms with Crippen LogP contribution in [0.15, 0.2) is 59.5 Å². The van der Waals surface area contributed by atoms with E-state index in [1.165, 1.54) is 16.2 Å². The number of hydrogen-bond donors (Lipinski definition) is 1. The Hall–Kier alpha value is -3.29. The third-order valence-corrected chi connectivity index (χ3v) is 6.48. The molecule has 1 aromatic heterocycles. The van der Waals surface area contributed by atoms with Crippen molar-refractivity contribution in [3.8, 4) is 11.5 Å². The average molecular weight is 454 g/mol. The number of aliphatic hydroxyl groups excluding tert-OH is 1. The zero-order chi connectivity index (χ0) is 21.7. The number of thiophene rings is 1. The molecule has 3 heterocycles. The molecule has 1 unspecified atom stereocenters. The molecule has 1 N–H and O–H groups in total. The first-order valence-electron chi connectivity index (χ1n) is 9.46. The molecule has 0 spiro atoms. The summed E-state index contributed by atoms with van der Waals surface area (Å²) in [6.45, 7) is 1.92. The first kappa shape index (κ1) is 19.7. The number of amides is 1. The fourth-order valence-corrected chi connectivity index (χ4v) is 4.94. The van der Waals surface area contributed by atoms with Gasteiger partial charge in [-0.2, -0.15) is 0 Å². The van der Waals surface area contributed by atoms with Crippen LogP contribution in [0.1, 0.15) is 22.0 Å². The minimum atomic E-state index is -0.759. The number of Topliss-reactive ketones (excluding diaryl/α,β-unsaturated/α-hetero) is 1. The second kappa shape index (κ2) is 7.44. The van der Waals surface area contributed by atoms with E-state index in [9.17, 15) is 14.7 Å². The normalized spacial score (nSPS) is 19.3. The Morgan fingerprint density at radius 3 is 2.68 bits per heavy atom. The lowest BCUT2D eigenvalue weighted by Gasteiger charge is -2.25. The van der Waals surface area contributed by atoms with Gasteiger partial charge < -0.3 is 14.6 Å². The highest BCUT2D eigenvalue weighted by Gasteiger charge is 2.47. The third-order valence-electron chi connectivity index (χ3n) is 5.32. The molecule has 1 amide bonds. The molecule has 3 aromatic rings. The summed E-state index contributed by atoms with van der Waals surface area (Å²) in [7, 11) is 0. The van der Waals surface area contributed by atoms with Crippen molar-refractivity contribution in [3.63, 3.8) is 0 Å². The van der Waals surface area contributed by atoms with Crippen LogP contribution in [0.2, 0.25) is 5.02 Å². The molecule has 2 aromatic carbocycles. The van der Waals surface area contributed by atoms with Gasteiger partial charge in [0.25, 0.3) is 11.7 Å². The second-order valence-electron chi connectivity index (χ2n) is 7.18. The maximum absolute atomic E-state index is 13.1. The smallest absolute Gasteiger partial charge is 0.300 e. The molecule has 0 saturated carbocycles. The fourth-order valence-electron chi connectivity index (χ4n) is 3.89. The zero-order valence-corrected chi connectivity index (χ0v) is 17.9. The Bertz CT molecular complexity index is 1250. The van der Waals surface area contributed by atoms with Gasteiger partial charge in [0.15, 0.2) is 11.5 Å². The molecule has 8 heteroatoms. The lowest BCUT2D eigenvalue weighted by atomic mass is 9.99. The summed E-state index contributed by atoms with van der Waals surface area (Å²) in [6.07, 6.45) is 0. The van der Waals surface area contributed by atoms with Crippen LogP contribution in [0.25, 0.3) is 5.76 Å². The summed E-state index contributed by atoms with van der Waals surface area (Å²) < 4.78 is 10.7. The van der Waals surface area contributed by atoms with Gasteiger partial charge >= 0.3 is 0 Å². The number of hydrogen-bond acceptors (Lipinski definition) is 6. The molecule has 0 radical (unpaired) electrons. The molecular weight excluding hydrogens is 438 g/mol. The summed E-state index contributed by atoms with van der Waals surface area (Å²) >= 11 is 7.50. The van der Waals surface area contributed by atoms with E-state index in [-0.39, 0.29) is 18.1 Å². The van der Waals surface area contributed by atoms with E-state index >= 15 is 0 Å². The van der Waals surface area contributed by atoms with Crippen molar-refractivity contribution in [3.05, 3.63) is 80.5 Å². The van der Waals surface area contributed by atoms with Gasteiger partial charge in [-0.25, -0.2) is 0 Å². The number of rotatable bonds is 3. The monoisotopic (exact) mass is 453 g/mol. The molecule has 2 aliphatic heterocycles. The summed E-state index contributed by atoms with van der Waals surface area (Å²) in [5, 5.41) is 13.6. The van der Waals surface area contributed by atoms with Crippen molar-refractivity contribution in [1.82, 2.24) is 0 Å². The van der Waals surface area contributed by atoms with Gasteiger partial charge in [0.1, 0.15) is 11.8 Å². The van der Waals surface area contributed by atoms with E-state index in [2.05, 4.69) is 0 Å². The molecule has 156 valence electrons. The van der Waals surface area contributed by atoms with Crippen molar-refractivity contribution in [2.75, 3.05) is 11.7 Å². The zero-order valence-electron chi connectivity index (χ0n) is 16.3. The third kappa shape index (κ3) is 3.17. The highest BCUT2D eigenvalue weighted by molar-refractivity contribution is 7.10. The highest BCUT2D eigenvalue weighted by Crippen LogP contribution is 2.45. The van der Waals surface area contributed by atoms with Crippen molar-refractivity contribution >= 4 is 46.1 Å². The number of carbonyl (C=O) groups is 2. The van der Waals surface area contributed by atoms with E-state index in [1.54, 1.807) is 36.4 Å². The van der Waals surface area contributed by atoms with Crippen LogP contribution in [0.3, 0.4) is 0 Å². The number of benzene rings is 2. The average Bonchev–Trinajstić information content (AvgIpc) is 3.48. The quantitative estimate of drug-likeness (QED) is 0.340. The van der Waals surface area contributed by atoms with Gasteiger partial charge in [-0.3, -0.25) is 14.5 Å². The number of fused-ring (bicyclic) bond motifs is 1. The minimum absolute atomic E-state index is 0.0284. The molecule has 0 bridgehead atoms. The summed E-state index contributed by atoms with van der Waals surface area (Å²) in [5.41, 5.74) is 1.71. The first-order chi connectivity index (χ1) is 15.0. The van der Waals surface area contributed by atoms with Gasteiger partial charge in [-0.15, -0.1) is 11.3 Å². The maximum atomic E-state index is 13.1. The van der Waals surface area contributed by atoms with E-state index in [1.807, 2.05) is 24.4 Å². The molecule has 6 nitrogen and oxygen atoms in total. The first-order valence-corrected chi connectivity index (χ1v) is 10.7. The van der Waals surface area contributed by atoms with Gasteiger partial charge in [-0.1, -0.05) is 17.7 Å². The summed E-state index contributed by atoms with van der Waals surface area (Å²) in [4.78, 5) is 28.5. The van der Waals surface area contributed by atoms with E-state index in [0.29, 0.717) is 27.8 Å². The number of ether oxygens (including phenoxy) is 2. The van der Waals surface area contributed by atoms with Crippen LogP contribution in [0.5, 0.6) is 11.5 Å². The number of halogens is 1. The molecule has 5 rings (SSSR count). The van der Waals surface area contributed by atoms with Gasteiger partial charge in [0.05, 0.1) is 5.57 Å². The van der Waals surface area contributed by atoms with Crippen molar-refractivity contribution in [1.29, 1.82) is 0 Å². The van der Waals surface area contributed by atoms with Crippen LogP contribution in [0.4, 0.5) is 5.69 Å². The van der Waals surface area contributed by atoms with Crippen molar-refractivity contribution in [2.24, 2.45) is 0 Å². The molecule has 31 heavy (non-hydrogen) atoms. The van der Waals surface area contributed by atoms with Crippen molar-refractivity contribution < 1.29 is 24.2 Å². The number of carbonyl (C=O) groups excluding carboxylic acids is 2. The van der Waals surface area contributed by atoms with Crippen LogP contribution >= 0.6 is 22.9 Å². The van der Waals surface area contributed by atoms with Crippen LogP contribution in [-0.4, -0.2) is 23.6 Å². The lowest BCUT2D eigenvalue weighted by molar-refractivity contribution is -0.132. The summed E-state index contributed by atoms with van der Waals surface area (Å²) in [5.74, 6) is -0.679. The molecule has 1 saturated heterocycles. The molecule has 1 atom stereocenters. The molecule has 2 aliphatic rings. The van der Waals surface area contributed by atoms with Gasteiger partial charge in [-0.05, 0) is 60.3 Å². The Morgan fingerprint density at radius 1 is 1.13 bits per heavy atom. The standard InChI is InChI=1S/C23H16ClNO5S/c1-12-9-14(24)5-6-15(12)25-20(18-3-2-8-31-18)19(22(27)23(25)28)21(26)13-4-7-16-17(10-13)30-11-29-16/h2-10,20,26H,11H2,1H3/b21-19-. The maximum Gasteiger partial charge on any atom is 0.300 e. The Labute approximate surface area is 186 Å². The predicted molar refractivity (Wildman–Crippen MR) is 118 cm³/mol.